The minimum Gasteiger partial charge on any atom is -0.508 e. The summed E-state index contributed by atoms with van der Waals surface area (Å²) >= 11 is 0. The van der Waals surface area contributed by atoms with E-state index in [9.17, 15) is 14.3 Å². The van der Waals surface area contributed by atoms with Crippen LogP contribution in [0.5, 0.6) is 11.8 Å². The molecule has 9 nitrogen and oxygen atoms in total. The molecule has 0 unspecified atom stereocenters. The van der Waals surface area contributed by atoms with Crippen molar-refractivity contribution < 1.29 is 23.8 Å². The zero-order chi connectivity index (χ0) is 26.9. The van der Waals surface area contributed by atoms with Gasteiger partial charge in [-0.15, -0.1) is 0 Å². The number of phenols is 1. The Kier molecular flexibility index (Phi) is 7.22. The number of aromatic hydroxyl groups is 1. The highest BCUT2D eigenvalue weighted by atomic mass is 19.1. The van der Waals surface area contributed by atoms with Gasteiger partial charge in [0.05, 0.1) is 37.2 Å². The minimum atomic E-state index is -0.331. The second-order valence-corrected chi connectivity index (χ2v) is 10.4. The van der Waals surface area contributed by atoms with Gasteiger partial charge in [0.15, 0.2) is 0 Å². The number of carbonyl (C=O) groups is 1. The van der Waals surface area contributed by atoms with Gasteiger partial charge in [-0.1, -0.05) is 25.8 Å². The van der Waals surface area contributed by atoms with Crippen molar-refractivity contribution in [3.8, 4) is 11.8 Å². The van der Waals surface area contributed by atoms with Crippen LogP contribution in [-0.4, -0.2) is 66.5 Å². The van der Waals surface area contributed by atoms with Gasteiger partial charge >= 0.3 is 6.01 Å². The molecule has 2 saturated heterocycles. The molecule has 3 aromatic rings. The smallest absolute Gasteiger partial charge is 0.318 e. The maximum atomic E-state index is 14.9. The summed E-state index contributed by atoms with van der Waals surface area (Å²) in [6.07, 6.45) is 4.77. The number of fused-ring (bicyclic) bond motifs is 2. The SMILES string of the molecule is CCc1c(F)ccc2cc(O)cc(N3Cc4nc(OC[C@H]5COCCN5)nc(N5CCCCCC5)c4C3=O)c12. The van der Waals surface area contributed by atoms with Gasteiger partial charge in [0.2, 0.25) is 0 Å². The number of hydrogen-bond acceptors (Lipinski definition) is 8. The molecule has 1 atom stereocenters. The van der Waals surface area contributed by atoms with Crippen molar-refractivity contribution in [1.29, 1.82) is 0 Å². The van der Waals surface area contributed by atoms with E-state index in [-0.39, 0.29) is 36.1 Å². The third kappa shape index (κ3) is 4.98. The molecule has 4 heterocycles. The fourth-order valence-corrected chi connectivity index (χ4v) is 5.87. The molecule has 2 N–H and O–H groups in total. The Morgan fingerprint density at radius 3 is 2.74 bits per heavy atom. The van der Waals surface area contributed by atoms with Gasteiger partial charge in [-0.25, -0.2) is 4.39 Å². The van der Waals surface area contributed by atoms with Gasteiger partial charge in [-0.2, -0.15) is 9.97 Å². The van der Waals surface area contributed by atoms with E-state index >= 15 is 0 Å². The Hall–Kier alpha value is -3.50. The Balaban J connectivity index is 1.41. The third-order valence-electron chi connectivity index (χ3n) is 7.81. The molecule has 10 heteroatoms. The Morgan fingerprint density at radius 1 is 1.18 bits per heavy atom. The molecular weight excluding hydrogens is 501 g/mol. The number of hydrogen-bond donors (Lipinski definition) is 2. The predicted molar refractivity (Wildman–Crippen MR) is 146 cm³/mol. The summed E-state index contributed by atoms with van der Waals surface area (Å²) in [5.74, 6) is 0.0158. The van der Waals surface area contributed by atoms with E-state index < -0.39 is 0 Å². The van der Waals surface area contributed by atoms with Crippen LogP contribution in [0.15, 0.2) is 24.3 Å². The summed E-state index contributed by atoms with van der Waals surface area (Å²) in [5.41, 5.74) is 2.01. The van der Waals surface area contributed by atoms with E-state index in [2.05, 4.69) is 15.2 Å². The van der Waals surface area contributed by atoms with E-state index in [1.165, 1.54) is 12.1 Å². The van der Waals surface area contributed by atoms with Crippen molar-refractivity contribution in [3.05, 3.63) is 46.9 Å². The highest BCUT2D eigenvalue weighted by molar-refractivity contribution is 6.16. The molecule has 0 radical (unpaired) electrons. The fraction of sp³-hybridized carbons (Fsp3) is 0.483. The molecule has 0 aliphatic carbocycles. The number of halogens is 1. The van der Waals surface area contributed by atoms with E-state index in [0.717, 1.165) is 45.3 Å². The first-order valence-electron chi connectivity index (χ1n) is 13.9. The number of nitrogens with one attached hydrogen (secondary N) is 1. The van der Waals surface area contributed by atoms with Crippen molar-refractivity contribution in [3.63, 3.8) is 0 Å². The molecule has 3 aliphatic heterocycles. The van der Waals surface area contributed by atoms with Crippen molar-refractivity contribution in [2.24, 2.45) is 0 Å². The van der Waals surface area contributed by atoms with E-state index in [0.29, 0.717) is 65.3 Å². The van der Waals surface area contributed by atoms with Gasteiger partial charge in [0.25, 0.3) is 5.91 Å². The van der Waals surface area contributed by atoms with Gasteiger partial charge in [-0.05, 0) is 42.3 Å². The number of nitrogens with zero attached hydrogens (tertiary/aromatic N) is 4. The number of carbonyl (C=O) groups excluding carboxylic acids is 1. The lowest BCUT2D eigenvalue weighted by atomic mass is 9.99. The third-order valence-corrected chi connectivity index (χ3v) is 7.81. The standard InChI is InChI=1S/C29H34FN5O4/c1-2-21-22(30)8-7-18-13-20(36)14-24(25(18)21)35-15-23-26(28(35)37)27(34-10-5-3-4-6-11-34)33-29(32-23)39-17-19-16-38-12-9-31-19/h7-8,13-14,19,31,36H,2-6,9-12,15-17H2,1H3/t19-/m1/s1. The second-order valence-electron chi connectivity index (χ2n) is 10.4. The first-order chi connectivity index (χ1) is 19.0. The summed E-state index contributed by atoms with van der Waals surface area (Å²) in [6.45, 7) is 6.01. The van der Waals surface area contributed by atoms with Crippen molar-refractivity contribution >= 4 is 28.2 Å². The van der Waals surface area contributed by atoms with Gasteiger partial charge in [0.1, 0.15) is 29.6 Å². The van der Waals surface area contributed by atoms with Crippen LogP contribution in [0.4, 0.5) is 15.9 Å². The Morgan fingerprint density at radius 2 is 2.00 bits per heavy atom. The second kappa shape index (κ2) is 10.9. The van der Waals surface area contributed by atoms with E-state index in [1.54, 1.807) is 17.0 Å². The summed E-state index contributed by atoms with van der Waals surface area (Å²) in [7, 11) is 0. The van der Waals surface area contributed by atoms with Crippen LogP contribution in [0.25, 0.3) is 10.8 Å². The monoisotopic (exact) mass is 535 g/mol. The van der Waals surface area contributed by atoms with Gasteiger partial charge in [0, 0.05) is 31.1 Å². The molecule has 1 amide bonds. The zero-order valence-electron chi connectivity index (χ0n) is 22.2. The molecule has 1 aromatic heterocycles. The molecular formula is C29H34FN5O4. The predicted octanol–water partition coefficient (Wildman–Crippen LogP) is 3.94. The van der Waals surface area contributed by atoms with Gasteiger partial charge < -0.3 is 29.7 Å². The average Bonchev–Trinajstić information content (AvgIpc) is 3.10. The number of morpholine rings is 1. The lowest BCUT2D eigenvalue weighted by molar-refractivity contribution is 0.0576. The number of anilines is 2. The summed E-state index contributed by atoms with van der Waals surface area (Å²) < 4.78 is 26.4. The molecule has 2 fully saturated rings. The number of rotatable bonds is 6. The minimum absolute atomic E-state index is 0.0139. The van der Waals surface area contributed by atoms with Gasteiger partial charge in [-0.3, -0.25) is 4.79 Å². The number of aryl methyl sites for hydroxylation is 1. The maximum absolute atomic E-state index is 14.9. The number of phenolic OH excluding ortho intramolecular Hbond substituents is 1. The molecule has 0 spiro atoms. The lowest BCUT2D eigenvalue weighted by Crippen LogP contribution is -2.45. The molecule has 6 rings (SSSR count). The average molecular weight is 536 g/mol. The van der Waals surface area contributed by atoms with Crippen LogP contribution < -0.4 is 19.9 Å². The topological polar surface area (TPSA) is 100 Å². The van der Waals surface area contributed by atoms with E-state index in [1.807, 2.05) is 6.92 Å². The van der Waals surface area contributed by atoms with Crippen LogP contribution >= 0.6 is 0 Å². The van der Waals surface area contributed by atoms with Crippen LogP contribution in [0.1, 0.15) is 54.2 Å². The number of ether oxygens (including phenoxy) is 2. The Labute approximate surface area is 226 Å². The van der Waals surface area contributed by atoms with Crippen LogP contribution in [-0.2, 0) is 17.7 Å². The quantitative estimate of drug-likeness (QED) is 0.490. The highest BCUT2D eigenvalue weighted by Crippen LogP contribution is 2.41. The molecule has 0 bridgehead atoms. The highest BCUT2D eigenvalue weighted by Gasteiger charge is 2.37. The Bertz CT molecular complexity index is 1390. The summed E-state index contributed by atoms with van der Waals surface area (Å²) in [6, 6.07) is 6.45. The fourth-order valence-electron chi connectivity index (χ4n) is 5.87. The molecule has 3 aliphatic rings. The first-order valence-corrected chi connectivity index (χ1v) is 13.9. The largest absolute Gasteiger partial charge is 0.508 e. The van der Waals surface area contributed by atoms with Crippen LogP contribution in [0.2, 0.25) is 0 Å². The van der Waals surface area contributed by atoms with Crippen LogP contribution in [0, 0.1) is 5.82 Å². The lowest BCUT2D eigenvalue weighted by Gasteiger charge is -2.25. The number of benzene rings is 2. The molecule has 206 valence electrons. The van der Waals surface area contributed by atoms with Crippen molar-refractivity contribution in [2.75, 3.05) is 49.3 Å². The maximum Gasteiger partial charge on any atom is 0.318 e. The molecule has 0 saturated carbocycles. The summed E-state index contributed by atoms with van der Waals surface area (Å²) in [4.78, 5) is 27.3. The van der Waals surface area contributed by atoms with Crippen molar-refractivity contribution in [2.45, 2.75) is 51.6 Å². The zero-order valence-corrected chi connectivity index (χ0v) is 22.2. The number of amides is 1. The van der Waals surface area contributed by atoms with Crippen molar-refractivity contribution in [1.82, 2.24) is 15.3 Å². The normalized spacial score (nSPS) is 19.8. The van der Waals surface area contributed by atoms with Crippen LogP contribution in [0.3, 0.4) is 0 Å². The number of aromatic nitrogens is 2. The van der Waals surface area contributed by atoms with E-state index in [4.69, 9.17) is 14.5 Å². The first kappa shape index (κ1) is 25.8. The molecule has 39 heavy (non-hydrogen) atoms. The summed E-state index contributed by atoms with van der Waals surface area (Å²) in [5, 5.41) is 15.2. The molecule has 2 aromatic carbocycles.